The molecule has 2 aromatic carbocycles. The molecule has 24 heavy (non-hydrogen) atoms. The topological polar surface area (TPSA) is 49.8 Å². The van der Waals surface area contributed by atoms with Crippen LogP contribution in [0, 0.1) is 6.92 Å². The Balaban J connectivity index is 1.43. The van der Waals surface area contributed by atoms with Crippen molar-refractivity contribution >= 4 is 33.4 Å². The Bertz CT molecular complexity index is 1030. The van der Waals surface area contributed by atoms with Crippen LogP contribution in [0.4, 0.5) is 5.69 Å². The lowest BCUT2D eigenvalue weighted by Gasteiger charge is -2.08. The monoisotopic (exact) mass is 317 g/mol. The lowest BCUT2D eigenvalue weighted by atomic mass is 10.2. The first kappa shape index (κ1) is 14.6. The van der Waals surface area contributed by atoms with Crippen molar-refractivity contribution in [3.8, 4) is 0 Å². The predicted octanol–water partition coefficient (Wildman–Crippen LogP) is 4.46. The first-order valence-corrected chi connectivity index (χ1v) is 8.11. The van der Waals surface area contributed by atoms with Crippen LogP contribution in [0.5, 0.6) is 0 Å². The van der Waals surface area contributed by atoms with Crippen molar-refractivity contribution in [3.63, 3.8) is 0 Å². The number of nitrogens with one attached hydrogen (secondary N) is 2. The number of carbonyl (C=O) groups excluding carboxylic acids is 1. The second-order valence-corrected chi connectivity index (χ2v) is 6.15. The molecule has 0 saturated carbocycles. The first-order chi connectivity index (χ1) is 11.7. The van der Waals surface area contributed by atoms with Gasteiger partial charge in [0.2, 0.25) is 5.91 Å². The summed E-state index contributed by atoms with van der Waals surface area (Å²) < 4.78 is 2.13. The van der Waals surface area contributed by atoms with Crippen LogP contribution in [0.25, 0.3) is 21.8 Å². The van der Waals surface area contributed by atoms with Crippen LogP contribution in [0.1, 0.15) is 12.0 Å². The molecule has 0 aliphatic heterocycles. The van der Waals surface area contributed by atoms with Gasteiger partial charge in [0.15, 0.2) is 0 Å². The van der Waals surface area contributed by atoms with Gasteiger partial charge < -0.3 is 14.9 Å². The van der Waals surface area contributed by atoms with Gasteiger partial charge in [-0.2, -0.15) is 0 Å². The van der Waals surface area contributed by atoms with Gasteiger partial charge in [0.1, 0.15) is 0 Å². The molecule has 0 radical (unpaired) electrons. The number of anilines is 1. The molecule has 120 valence electrons. The van der Waals surface area contributed by atoms with E-state index < -0.39 is 0 Å². The largest absolute Gasteiger partial charge is 0.361 e. The Hall–Kier alpha value is -3.01. The predicted molar refractivity (Wildman–Crippen MR) is 98.2 cm³/mol. The molecule has 2 N–H and O–H groups in total. The molecule has 4 rings (SSSR count). The SMILES string of the molecule is Cc1ccc2c(ccn2CCC(=O)Nc2ccc3[nH]ccc3c2)c1. The minimum atomic E-state index is 0.0267. The van der Waals surface area contributed by atoms with E-state index >= 15 is 0 Å². The number of aryl methyl sites for hydroxylation is 2. The zero-order chi connectivity index (χ0) is 16.5. The van der Waals surface area contributed by atoms with Gasteiger partial charge in [-0.3, -0.25) is 4.79 Å². The number of hydrogen-bond acceptors (Lipinski definition) is 1. The highest BCUT2D eigenvalue weighted by Gasteiger charge is 2.06. The summed E-state index contributed by atoms with van der Waals surface area (Å²) in [7, 11) is 0. The summed E-state index contributed by atoms with van der Waals surface area (Å²) in [5, 5.41) is 5.29. The van der Waals surface area contributed by atoms with E-state index in [4.69, 9.17) is 0 Å². The van der Waals surface area contributed by atoms with Crippen LogP contribution in [0.3, 0.4) is 0 Å². The molecular formula is C20H19N3O. The van der Waals surface area contributed by atoms with Crippen molar-refractivity contribution in [3.05, 3.63) is 66.5 Å². The fourth-order valence-corrected chi connectivity index (χ4v) is 3.09. The van der Waals surface area contributed by atoms with E-state index in [0.717, 1.165) is 16.6 Å². The molecule has 0 aliphatic rings. The van der Waals surface area contributed by atoms with E-state index in [1.807, 2.05) is 36.7 Å². The Morgan fingerprint density at radius 2 is 2.00 bits per heavy atom. The maximum atomic E-state index is 12.2. The number of benzene rings is 2. The molecule has 0 unspecified atom stereocenters. The van der Waals surface area contributed by atoms with Crippen molar-refractivity contribution < 1.29 is 4.79 Å². The zero-order valence-electron chi connectivity index (χ0n) is 13.5. The lowest BCUT2D eigenvalue weighted by molar-refractivity contribution is -0.116. The molecule has 2 aromatic heterocycles. The van der Waals surface area contributed by atoms with Crippen LogP contribution in [-0.2, 0) is 11.3 Å². The van der Waals surface area contributed by atoms with Gasteiger partial charge >= 0.3 is 0 Å². The molecular weight excluding hydrogens is 298 g/mol. The third-order valence-corrected chi connectivity index (χ3v) is 4.34. The Morgan fingerprint density at radius 1 is 1.08 bits per heavy atom. The van der Waals surface area contributed by atoms with Gasteiger partial charge in [-0.1, -0.05) is 11.6 Å². The number of amides is 1. The normalized spacial score (nSPS) is 11.2. The number of nitrogens with zero attached hydrogens (tertiary/aromatic N) is 1. The molecule has 4 nitrogen and oxygen atoms in total. The van der Waals surface area contributed by atoms with E-state index in [1.54, 1.807) is 0 Å². The molecule has 4 heteroatoms. The zero-order valence-corrected chi connectivity index (χ0v) is 13.5. The number of aromatic amines is 1. The molecule has 0 fully saturated rings. The summed E-state index contributed by atoms with van der Waals surface area (Å²) in [6, 6.07) is 16.4. The molecule has 0 atom stereocenters. The van der Waals surface area contributed by atoms with Crippen molar-refractivity contribution in [2.24, 2.45) is 0 Å². The van der Waals surface area contributed by atoms with Crippen molar-refractivity contribution in [1.82, 2.24) is 9.55 Å². The molecule has 2 heterocycles. The van der Waals surface area contributed by atoms with Crippen LogP contribution < -0.4 is 5.32 Å². The number of aromatic nitrogens is 2. The second kappa shape index (κ2) is 5.89. The van der Waals surface area contributed by atoms with Crippen molar-refractivity contribution in [2.75, 3.05) is 5.32 Å². The highest BCUT2D eigenvalue weighted by atomic mass is 16.1. The number of carbonyl (C=O) groups is 1. The van der Waals surface area contributed by atoms with Gasteiger partial charge in [0, 0.05) is 47.5 Å². The summed E-state index contributed by atoms with van der Waals surface area (Å²) in [5.74, 6) is 0.0267. The quantitative estimate of drug-likeness (QED) is 0.573. The van der Waals surface area contributed by atoms with Gasteiger partial charge in [-0.05, 0) is 54.8 Å². The third kappa shape index (κ3) is 2.78. The van der Waals surface area contributed by atoms with Crippen molar-refractivity contribution in [2.45, 2.75) is 19.9 Å². The highest BCUT2D eigenvalue weighted by molar-refractivity contribution is 5.93. The number of rotatable bonds is 4. The van der Waals surface area contributed by atoms with Gasteiger partial charge in [-0.25, -0.2) is 0 Å². The Morgan fingerprint density at radius 3 is 2.92 bits per heavy atom. The van der Waals surface area contributed by atoms with Gasteiger partial charge in [0.05, 0.1) is 0 Å². The maximum absolute atomic E-state index is 12.2. The average Bonchev–Trinajstić information content (AvgIpc) is 3.18. The summed E-state index contributed by atoms with van der Waals surface area (Å²) in [6.45, 7) is 2.76. The molecule has 0 bridgehead atoms. The molecule has 1 amide bonds. The van der Waals surface area contributed by atoms with E-state index in [9.17, 15) is 4.79 Å². The summed E-state index contributed by atoms with van der Waals surface area (Å²) in [6.07, 6.45) is 4.39. The summed E-state index contributed by atoms with van der Waals surface area (Å²) in [5.41, 5.74) is 4.32. The number of fused-ring (bicyclic) bond motifs is 2. The van der Waals surface area contributed by atoms with Crippen LogP contribution >= 0.6 is 0 Å². The highest BCUT2D eigenvalue weighted by Crippen LogP contribution is 2.19. The molecule has 0 aliphatic carbocycles. The fraction of sp³-hybridized carbons (Fsp3) is 0.150. The second-order valence-electron chi connectivity index (χ2n) is 6.15. The van der Waals surface area contributed by atoms with Crippen LogP contribution in [-0.4, -0.2) is 15.5 Å². The average molecular weight is 317 g/mol. The van der Waals surface area contributed by atoms with Crippen LogP contribution in [0.15, 0.2) is 60.9 Å². The van der Waals surface area contributed by atoms with E-state index in [1.165, 1.54) is 16.5 Å². The molecule has 0 saturated heterocycles. The Kier molecular flexibility index (Phi) is 3.58. The van der Waals surface area contributed by atoms with Crippen molar-refractivity contribution in [1.29, 1.82) is 0 Å². The fourth-order valence-electron chi connectivity index (χ4n) is 3.09. The minimum absolute atomic E-state index is 0.0267. The summed E-state index contributed by atoms with van der Waals surface area (Å²) in [4.78, 5) is 15.4. The van der Waals surface area contributed by atoms with E-state index in [2.05, 4.69) is 46.1 Å². The van der Waals surface area contributed by atoms with Gasteiger partial charge in [0.25, 0.3) is 0 Å². The lowest BCUT2D eigenvalue weighted by Crippen LogP contribution is -2.14. The summed E-state index contributed by atoms with van der Waals surface area (Å²) >= 11 is 0. The van der Waals surface area contributed by atoms with Gasteiger partial charge in [-0.15, -0.1) is 0 Å². The molecule has 4 aromatic rings. The van der Waals surface area contributed by atoms with Crippen LogP contribution in [0.2, 0.25) is 0 Å². The number of H-pyrrole nitrogens is 1. The number of hydrogen-bond donors (Lipinski definition) is 2. The maximum Gasteiger partial charge on any atom is 0.226 e. The minimum Gasteiger partial charge on any atom is -0.361 e. The Labute approximate surface area is 140 Å². The van der Waals surface area contributed by atoms with E-state index in [0.29, 0.717) is 13.0 Å². The third-order valence-electron chi connectivity index (χ3n) is 4.34. The smallest absolute Gasteiger partial charge is 0.226 e. The molecule has 0 spiro atoms. The van der Waals surface area contributed by atoms with E-state index in [-0.39, 0.29) is 5.91 Å². The first-order valence-electron chi connectivity index (χ1n) is 8.11. The standard InChI is InChI=1S/C20H19N3O/c1-14-2-5-19-16(12-14)7-10-23(19)11-8-20(24)22-17-3-4-18-15(13-17)6-9-21-18/h2-7,9-10,12-13,21H,8,11H2,1H3,(H,22,24).